The number of nitrogens with zero attached hydrogens (tertiary/aromatic N) is 3. The van der Waals surface area contributed by atoms with E-state index in [0.29, 0.717) is 0 Å². The van der Waals surface area contributed by atoms with E-state index in [1.807, 2.05) is 11.8 Å². The lowest BCUT2D eigenvalue weighted by Gasteiger charge is -2.42. The molecule has 0 aliphatic carbocycles. The molecule has 0 aromatic heterocycles. The third kappa shape index (κ3) is 14.5. The molecular weight excluding hydrogens is 1590 g/mol. The third-order valence-electron chi connectivity index (χ3n) is 25.6. The maximum atomic E-state index is 6.92. The van der Waals surface area contributed by atoms with Crippen LogP contribution in [0, 0.1) is 0 Å². The van der Waals surface area contributed by atoms with Gasteiger partial charge in [0.1, 0.15) is 39.1 Å². The highest BCUT2D eigenvalue weighted by molar-refractivity contribution is 8.00. The molecule has 5 nitrogen and oxygen atoms in total. The maximum Gasteiger partial charge on any atom is 0.140 e. The molecule has 0 amide bonds. The highest BCUT2D eigenvalue weighted by atomic mass is 32.2. The van der Waals surface area contributed by atoms with Gasteiger partial charge in [-0.2, -0.15) is 0 Å². The minimum absolute atomic E-state index is 0.554. The number of hydrogen-bond donors (Lipinski definition) is 0. The van der Waals surface area contributed by atoms with E-state index in [9.17, 15) is 0 Å². The van der Waals surface area contributed by atoms with Crippen molar-refractivity contribution in [2.24, 2.45) is 0 Å². The summed E-state index contributed by atoms with van der Waals surface area (Å²) in [5.41, 5.74) is 21.4. The maximum absolute atomic E-state index is 6.92. The van der Waals surface area contributed by atoms with Crippen molar-refractivity contribution >= 4 is 132 Å². The van der Waals surface area contributed by atoms with Gasteiger partial charge in [-0.15, -0.1) is 0 Å². The fourth-order valence-corrected chi connectivity index (χ4v) is 27.8. The Labute approximate surface area is 750 Å². The van der Waals surface area contributed by atoms with E-state index in [1.54, 1.807) is 5.19 Å². The fourth-order valence-electron chi connectivity index (χ4n) is 19.4. The fraction of sp³-hybridized carbons (Fsp3) is 0.0420. The van der Waals surface area contributed by atoms with Crippen molar-refractivity contribution in [2.75, 3.05) is 14.7 Å². The molecule has 0 fully saturated rings. The van der Waals surface area contributed by atoms with Gasteiger partial charge in [0.25, 0.3) is 0 Å². The lowest BCUT2D eigenvalue weighted by atomic mass is 9.63. The zero-order chi connectivity index (χ0) is 85.4. The van der Waals surface area contributed by atoms with Gasteiger partial charge in [0.05, 0.1) is 22.5 Å². The summed E-state index contributed by atoms with van der Waals surface area (Å²) >= 11 is 1.94. The van der Waals surface area contributed by atoms with Crippen molar-refractivity contribution < 1.29 is 9.47 Å². The van der Waals surface area contributed by atoms with Crippen molar-refractivity contribution in [1.82, 2.24) is 0 Å². The molecule has 8 heteroatoms. The summed E-state index contributed by atoms with van der Waals surface area (Å²) in [6.45, 7) is 9.81. The second kappa shape index (κ2) is 33.9. The van der Waals surface area contributed by atoms with E-state index in [4.69, 9.17) is 9.47 Å². The Morgan fingerprint density at radius 3 is 1.02 bits per heavy atom. The van der Waals surface area contributed by atoms with Crippen LogP contribution in [0.2, 0.25) is 26.2 Å². The molecule has 0 radical (unpaired) electrons. The Morgan fingerprint density at radius 2 is 0.543 bits per heavy atom. The number of ether oxygens (including phenoxy) is 2. The molecule has 20 aromatic carbocycles. The SMILES string of the molecule is C[Si]1(C)c2ccccc2Oc2c(-c3ccc(N(c4ccccc4)c4cccc5ccccc45)cc3)cccc21.C[Si]1(C)c2ccccc2Sc2c(-c3ccc(N(c4ccccc4)c4cccc5ccccc45)cc3)cccc21.c1ccc(N(c2ccc(-c3cccc4c3Oc3ccccc3C4(c3ccccc3)c3ccccc3)cc2)c2cccc3ccccc23)cc1. The lowest BCUT2D eigenvalue weighted by molar-refractivity contribution is 0.436. The first-order valence-electron chi connectivity index (χ1n) is 43.7. The molecule has 23 rings (SSSR count). The van der Waals surface area contributed by atoms with Crippen molar-refractivity contribution in [3.8, 4) is 56.4 Å². The Balaban J connectivity index is 0.000000117. The second-order valence-corrected chi connectivity index (χ2v) is 43.4. The van der Waals surface area contributed by atoms with Gasteiger partial charge >= 0.3 is 0 Å². The van der Waals surface area contributed by atoms with Crippen molar-refractivity contribution in [1.29, 1.82) is 0 Å². The topological polar surface area (TPSA) is 28.2 Å². The number of rotatable bonds is 14. The second-order valence-electron chi connectivity index (χ2n) is 33.7. The van der Waals surface area contributed by atoms with Crippen LogP contribution in [0.25, 0.3) is 65.7 Å². The van der Waals surface area contributed by atoms with Gasteiger partial charge in [-0.1, -0.05) is 408 Å². The van der Waals surface area contributed by atoms with Crippen LogP contribution in [0.5, 0.6) is 23.0 Å². The molecule has 0 unspecified atom stereocenters. The lowest BCUT2D eigenvalue weighted by Crippen LogP contribution is -2.56. The van der Waals surface area contributed by atoms with Crippen LogP contribution in [0.15, 0.2) is 489 Å². The number of anilines is 9. The summed E-state index contributed by atoms with van der Waals surface area (Å²) in [7, 11) is -3.64. The Morgan fingerprint density at radius 1 is 0.228 bits per heavy atom. The standard InChI is InChI=1S/C47H33NO.C36H29NOSi.C36H29NSSi/c1-4-18-36(19-5-1)47(37-20-6-2-7-21-37)42-26-12-13-29-45(42)49-46-41(25-15-27-43(46)47)35-30-32-39(33-31-35)48(38-22-8-3-9-23-38)44-28-14-17-34-16-10-11-24-40(34)44;2*1-39(2)34-20-9-8-19-33(34)38-36-31(17-11-21-35(36)39)27-22-24-29(25-23-27)37(28-14-4-3-5-15-28)32-18-10-13-26-12-6-7-16-30(26)32/h1-33H;2*3-25H,1-2H3. The number of benzene rings is 20. The highest BCUT2D eigenvalue weighted by Crippen LogP contribution is 2.58. The molecule has 0 N–H and O–H groups in total. The minimum atomic E-state index is -1.87. The van der Waals surface area contributed by atoms with E-state index in [1.165, 1.54) is 85.6 Å². The van der Waals surface area contributed by atoms with Crippen LogP contribution in [-0.4, -0.2) is 16.1 Å². The normalized spacial score (nSPS) is 13.2. The van der Waals surface area contributed by atoms with Crippen molar-refractivity contribution in [2.45, 2.75) is 41.4 Å². The van der Waals surface area contributed by atoms with Crippen LogP contribution in [0.3, 0.4) is 0 Å². The molecular formula is C119H91N3O2SSi2. The average Bonchev–Trinajstić information content (AvgIpc) is 0.698. The molecule has 0 atom stereocenters. The monoisotopic (exact) mass is 1680 g/mol. The van der Waals surface area contributed by atoms with Gasteiger partial charge in [-0.3, -0.25) is 0 Å². The zero-order valence-corrected chi connectivity index (χ0v) is 74.0. The largest absolute Gasteiger partial charge is 0.457 e. The molecule has 0 spiro atoms. The van der Waals surface area contributed by atoms with Crippen LogP contribution in [-0.2, 0) is 5.41 Å². The minimum Gasteiger partial charge on any atom is -0.457 e. The van der Waals surface area contributed by atoms with E-state index in [-0.39, 0.29) is 0 Å². The van der Waals surface area contributed by atoms with Crippen LogP contribution < -0.4 is 44.9 Å². The van der Waals surface area contributed by atoms with Gasteiger partial charge in [-0.05, 0) is 179 Å². The first-order valence-corrected chi connectivity index (χ1v) is 50.5. The number of hydrogen-bond acceptors (Lipinski definition) is 6. The summed E-state index contributed by atoms with van der Waals surface area (Å²) in [5, 5.41) is 13.2. The first kappa shape index (κ1) is 79.2. The molecule has 3 heterocycles. The highest BCUT2D eigenvalue weighted by Gasteiger charge is 2.46. The number of para-hydroxylation sites is 7. The quantitative estimate of drug-likeness (QED) is 0.101. The average molecular weight is 1680 g/mol. The first-order chi connectivity index (χ1) is 62.5. The van der Waals surface area contributed by atoms with E-state index in [2.05, 4.69) is 520 Å². The van der Waals surface area contributed by atoms with Crippen molar-refractivity contribution in [3.05, 3.63) is 501 Å². The molecule has 20 aromatic rings. The smallest absolute Gasteiger partial charge is 0.140 e. The Hall–Kier alpha value is -15.0. The van der Waals surface area contributed by atoms with Gasteiger partial charge in [0, 0.05) is 82.3 Å². The predicted molar refractivity (Wildman–Crippen MR) is 541 cm³/mol. The molecule has 0 saturated carbocycles. The number of fused-ring (bicyclic) bond motifs is 9. The van der Waals surface area contributed by atoms with E-state index in [0.717, 1.165) is 102 Å². The zero-order valence-electron chi connectivity index (χ0n) is 71.2. The molecule has 608 valence electrons. The molecule has 3 aliphatic rings. The van der Waals surface area contributed by atoms with Crippen LogP contribution in [0.4, 0.5) is 51.2 Å². The predicted octanol–water partition coefficient (Wildman–Crippen LogP) is 30.6. The van der Waals surface area contributed by atoms with E-state index >= 15 is 0 Å². The van der Waals surface area contributed by atoms with Gasteiger partial charge in [0.2, 0.25) is 0 Å². The van der Waals surface area contributed by atoms with Gasteiger partial charge in [-0.25, -0.2) is 0 Å². The molecule has 0 saturated heterocycles. The molecule has 0 bridgehead atoms. The molecule has 127 heavy (non-hydrogen) atoms. The third-order valence-corrected chi connectivity index (χ3v) is 34.3. The van der Waals surface area contributed by atoms with Crippen molar-refractivity contribution in [3.63, 3.8) is 0 Å². The van der Waals surface area contributed by atoms with Crippen LogP contribution in [0.1, 0.15) is 22.3 Å². The summed E-state index contributed by atoms with van der Waals surface area (Å²) in [6.07, 6.45) is 0. The Bertz CT molecular complexity index is 7100. The Kier molecular flexibility index (Phi) is 21.1. The summed E-state index contributed by atoms with van der Waals surface area (Å²) < 4.78 is 13.5. The summed E-state index contributed by atoms with van der Waals surface area (Å²) in [6, 6.07) is 172. The molecule has 3 aliphatic heterocycles. The van der Waals surface area contributed by atoms with Gasteiger partial charge in [0.15, 0.2) is 0 Å². The van der Waals surface area contributed by atoms with E-state index < -0.39 is 21.6 Å². The summed E-state index contributed by atoms with van der Waals surface area (Å²) in [5.74, 6) is 3.76. The van der Waals surface area contributed by atoms with Crippen LogP contribution >= 0.6 is 11.8 Å². The van der Waals surface area contributed by atoms with Gasteiger partial charge < -0.3 is 24.2 Å². The summed E-state index contributed by atoms with van der Waals surface area (Å²) in [4.78, 5) is 9.89.